The van der Waals surface area contributed by atoms with Gasteiger partial charge >= 0.3 is 6.03 Å². The molecule has 1 heterocycles. The Morgan fingerprint density at radius 3 is 2.11 bits per heavy atom. The Kier molecular flexibility index (Phi) is 8.84. The van der Waals surface area contributed by atoms with Crippen LogP contribution >= 0.6 is 0 Å². The largest absolute Gasteiger partial charge is 0.320 e. The van der Waals surface area contributed by atoms with Crippen molar-refractivity contribution in [2.24, 2.45) is 0 Å². The first-order valence-corrected chi connectivity index (χ1v) is 14.1. The highest BCUT2D eigenvalue weighted by atomic mass is 16.6. The summed E-state index contributed by atoms with van der Waals surface area (Å²) >= 11 is 0. The van der Waals surface area contributed by atoms with E-state index in [-0.39, 0.29) is 17.4 Å². The summed E-state index contributed by atoms with van der Waals surface area (Å²) in [6, 6.07) is 26.6. The lowest BCUT2D eigenvalue weighted by molar-refractivity contribution is -0.384. The fourth-order valence-electron chi connectivity index (χ4n) is 5.17. The van der Waals surface area contributed by atoms with Crippen LogP contribution in [0.2, 0.25) is 0 Å². The molecule has 0 bridgehead atoms. The first-order chi connectivity index (χ1) is 21.7. The molecule has 5 amide bonds. The summed E-state index contributed by atoms with van der Waals surface area (Å²) in [5.41, 5.74) is 1.55. The number of para-hydroxylation sites is 4. The Bertz CT molecular complexity index is 1750. The minimum absolute atomic E-state index is 0.0842. The predicted molar refractivity (Wildman–Crippen MR) is 170 cm³/mol. The van der Waals surface area contributed by atoms with Gasteiger partial charge in [-0.25, -0.2) is 4.79 Å². The zero-order valence-corrected chi connectivity index (χ0v) is 24.5. The summed E-state index contributed by atoms with van der Waals surface area (Å²) in [7, 11) is 0. The summed E-state index contributed by atoms with van der Waals surface area (Å²) in [5.74, 6) is -1.99. The molecule has 0 aliphatic carbocycles. The predicted octanol–water partition coefficient (Wildman–Crippen LogP) is 5.24. The van der Waals surface area contributed by atoms with Crippen molar-refractivity contribution >= 4 is 57.9 Å². The van der Waals surface area contributed by atoms with E-state index in [1.165, 1.54) is 28.0 Å². The number of rotatable bonds is 8. The number of nitro groups is 1. The average molecular weight is 607 g/mol. The Morgan fingerprint density at radius 2 is 1.47 bits per heavy atom. The number of anilines is 5. The standard InChI is InChI=1S/C33H30N6O6/c1-22(2)37(24-13-5-3-6-14-24)29(40)21-36-27-18-9-10-19-28(27)38(25-15-7-4-8-16-25)32(42)30(31(36)41)35-33(43)34-23-12-11-17-26(20-23)39(44)45/h3-20,22,30H,21H2,1-2H3,(H2,34,35,43). The number of fused-ring (bicyclic) bond motifs is 1. The summed E-state index contributed by atoms with van der Waals surface area (Å²) in [5, 5.41) is 16.1. The zero-order valence-electron chi connectivity index (χ0n) is 24.5. The quantitative estimate of drug-likeness (QED) is 0.159. The molecule has 0 radical (unpaired) electrons. The number of amides is 5. The number of non-ortho nitro benzene ring substituents is 1. The van der Waals surface area contributed by atoms with E-state index in [0.717, 1.165) is 6.07 Å². The maximum absolute atomic E-state index is 14.3. The third kappa shape index (κ3) is 6.49. The highest BCUT2D eigenvalue weighted by molar-refractivity contribution is 6.25. The van der Waals surface area contributed by atoms with Gasteiger partial charge in [-0.2, -0.15) is 0 Å². The lowest BCUT2D eigenvalue weighted by atomic mass is 10.2. The van der Waals surface area contributed by atoms with Gasteiger partial charge in [0.05, 0.1) is 16.3 Å². The molecule has 0 fully saturated rings. The lowest BCUT2D eigenvalue weighted by Gasteiger charge is -2.31. The second kappa shape index (κ2) is 13.1. The van der Waals surface area contributed by atoms with E-state index >= 15 is 0 Å². The summed E-state index contributed by atoms with van der Waals surface area (Å²) in [6.07, 6.45) is 0. The molecule has 0 saturated heterocycles. The van der Waals surface area contributed by atoms with Crippen LogP contribution in [-0.4, -0.2) is 47.3 Å². The van der Waals surface area contributed by atoms with Crippen LogP contribution in [0.5, 0.6) is 0 Å². The fourth-order valence-corrected chi connectivity index (χ4v) is 5.17. The molecule has 0 aromatic heterocycles. The molecular formula is C33H30N6O6. The normalized spacial score (nSPS) is 14.4. The van der Waals surface area contributed by atoms with Gasteiger partial charge in [0, 0.05) is 35.2 Å². The molecule has 1 aliphatic rings. The lowest BCUT2D eigenvalue weighted by Crippen LogP contribution is -2.57. The second-order valence-electron chi connectivity index (χ2n) is 10.5. The molecule has 2 N–H and O–H groups in total. The van der Waals surface area contributed by atoms with Crippen molar-refractivity contribution < 1.29 is 24.1 Å². The molecular weight excluding hydrogens is 576 g/mol. The van der Waals surface area contributed by atoms with Gasteiger partial charge in [0.2, 0.25) is 5.91 Å². The van der Waals surface area contributed by atoms with Crippen LogP contribution in [0.4, 0.5) is 38.9 Å². The van der Waals surface area contributed by atoms with Crippen LogP contribution in [0.25, 0.3) is 0 Å². The SMILES string of the molecule is CC(C)N(C(=O)CN1C(=O)C(NC(=O)Nc2cccc([N+](=O)[O-])c2)C(=O)N(c2ccccc2)c2ccccc21)c1ccccc1. The number of carbonyl (C=O) groups is 4. The van der Waals surface area contributed by atoms with E-state index in [0.29, 0.717) is 22.7 Å². The summed E-state index contributed by atoms with van der Waals surface area (Å²) in [4.78, 5) is 70.2. The Balaban J connectivity index is 1.54. The van der Waals surface area contributed by atoms with E-state index in [1.807, 2.05) is 19.9 Å². The molecule has 5 rings (SSSR count). The molecule has 1 atom stereocenters. The van der Waals surface area contributed by atoms with Crippen LogP contribution < -0.4 is 25.3 Å². The van der Waals surface area contributed by atoms with E-state index in [2.05, 4.69) is 10.6 Å². The number of benzene rings is 4. The maximum Gasteiger partial charge on any atom is 0.320 e. The number of nitrogens with one attached hydrogen (secondary N) is 2. The van der Waals surface area contributed by atoms with E-state index in [9.17, 15) is 29.3 Å². The minimum atomic E-state index is -1.76. The van der Waals surface area contributed by atoms with Crippen LogP contribution in [0.1, 0.15) is 13.8 Å². The van der Waals surface area contributed by atoms with Crippen molar-refractivity contribution in [1.82, 2.24) is 5.32 Å². The molecule has 0 spiro atoms. The number of hydrogen-bond donors (Lipinski definition) is 2. The van der Waals surface area contributed by atoms with E-state index < -0.39 is 41.3 Å². The Morgan fingerprint density at radius 1 is 0.844 bits per heavy atom. The fraction of sp³-hybridized carbons (Fsp3) is 0.152. The highest BCUT2D eigenvalue weighted by Crippen LogP contribution is 2.38. The highest BCUT2D eigenvalue weighted by Gasteiger charge is 2.43. The number of nitrogens with zero attached hydrogens (tertiary/aromatic N) is 4. The van der Waals surface area contributed by atoms with Crippen LogP contribution in [0, 0.1) is 10.1 Å². The average Bonchev–Trinajstić information content (AvgIpc) is 3.11. The summed E-state index contributed by atoms with van der Waals surface area (Å²) in [6.45, 7) is 3.28. The molecule has 12 heteroatoms. The van der Waals surface area contributed by atoms with Crippen molar-refractivity contribution in [1.29, 1.82) is 0 Å². The van der Waals surface area contributed by atoms with Crippen molar-refractivity contribution in [3.63, 3.8) is 0 Å². The zero-order chi connectivity index (χ0) is 32.1. The molecule has 1 unspecified atom stereocenters. The molecule has 1 aliphatic heterocycles. The first kappa shape index (κ1) is 30.4. The van der Waals surface area contributed by atoms with Gasteiger partial charge in [-0.15, -0.1) is 0 Å². The first-order valence-electron chi connectivity index (χ1n) is 14.1. The van der Waals surface area contributed by atoms with Gasteiger partial charge in [-0.3, -0.25) is 34.3 Å². The third-order valence-corrected chi connectivity index (χ3v) is 7.11. The van der Waals surface area contributed by atoms with Crippen LogP contribution in [-0.2, 0) is 14.4 Å². The van der Waals surface area contributed by atoms with Gasteiger partial charge in [0.25, 0.3) is 17.5 Å². The molecule has 228 valence electrons. The second-order valence-corrected chi connectivity index (χ2v) is 10.5. The Labute approximate surface area is 259 Å². The minimum Gasteiger partial charge on any atom is -0.318 e. The number of hydrogen-bond acceptors (Lipinski definition) is 6. The molecule has 12 nitrogen and oxygen atoms in total. The van der Waals surface area contributed by atoms with Gasteiger partial charge in [0.15, 0.2) is 6.04 Å². The number of nitro benzene ring substituents is 1. The Hall–Kier alpha value is -6.04. The van der Waals surface area contributed by atoms with Crippen molar-refractivity contribution in [3.05, 3.63) is 119 Å². The monoisotopic (exact) mass is 606 g/mol. The molecule has 0 saturated carbocycles. The topological polar surface area (TPSA) is 145 Å². The molecule has 4 aromatic rings. The van der Waals surface area contributed by atoms with Gasteiger partial charge in [0.1, 0.15) is 6.54 Å². The van der Waals surface area contributed by atoms with Crippen molar-refractivity contribution in [2.45, 2.75) is 25.9 Å². The maximum atomic E-state index is 14.3. The van der Waals surface area contributed by atoms with E-state index in [1.54, 1.807) is 83.8 Å². The third-order valence-electron chi connectivity index (χ3n) is 7.11. The number of carbonyl (C=O) groups excluding carboxylic acids is 4. The molecule has 45 heavy (non-hydrogen) atoms. The van der Waals surface area contributed by atoms with Crippen LogP contribution in [0.15, 0.2) is 109 Å². The molecule has 4 aromatic carbocycles. The van der Waals surface area contributed by atoms with Gasteiger partial charge in [-0.05, 0) is 56.3 Å². The van der Waals surface area contributed by atoms with Gasteiger partial charge in [-0.1, -0.05) is 54.6 Å². The van der Waals surface area contributed by atoms with Crippen molar-refractivity contribution in [3.8, 4) is 0 Å². The van der Waals surface area contributed by atoms with Gasteiger partial charge < -0.3 is 15.5 Å². The van der Waals surface area contributed by atoms with Crippen molar-refractivity contribution in [2.75, 3.05) is 26.6 Å². The summed E-state index contributed by atoms with van der Waals surface area (Å²) < 4.78 is 0. The van der Waals surface area contributed by atoms with E-state index in [4.69, 9.17) is 0 Å². The van der Waals surface area contributed by atoms with Crippen LogP contribution in [0.3, 0.4) is 0 Å². The smallest absolute Gasteiger partial charge is 0.318 e. The number of urea groups is 1.